The van der Waals surface area contributed by atoms with E-state index in [4.69, 9.17) is 0 Å². The summed E-state index contributed by atoms with van der Waals surface area (Å²) in [7, 11) is 0. The van der Waals surface area contributed by atoms with Gasteiger partial charge in [-0.3, -0.25) is 0 Å². The van der Waals surface area contributed by atoms with Crippen LogP contribution in [0.4, 0.5) is 4.39 Å². The van der Waals surface area contributed by atoms with Crippen molar-refractivity contribution in [1.82, 2.24) is 10.4 Å². The molecule has 1 fully saturated rings. The molecular formula is C18H21FN2. The van der Waals surface area contributed by atoms with Crippen LogP contribution in [0.25, 0.3) is 0 Å². The Morgan fingerprint density at radius 1 is 0.952 bits per heavy atom. The lowest BCUT2D eigenvalue weighted by atomic mass is 9.99. The number of nitrogens with one attached hydrogen (secondary N) is 1. The minimum absolute atomic E-state index is 0.0673. The SMILES string of the molecule is FC1CCCN(NC(c2ccccc2)c2ccccc2)C1. The number of hydrogen-bond donors (Lipinski definition) is 1. The second-order valence-corrected chi connectivity index (χ2v) is 5.57. The standard InChI is InChI=1S/C18H21FN2/c19-17-12-7-13-21(14-17)20-18(15-8-3-1-4-9-15)16-10-5-2-6-11-16/h1-6,8-11,17-18,20H,7,12-14H2. The molecule has 0 aliphatic carbocycles. The summed E-state index contributed by atoms with van der Waals surface area (Å²) in [5, 5.41) is 2.03. The summed E-state index contributed by atoms with van der Waals surface area (Å²) in [6, 6.07) is 20.7. The Hall–Kier alpha value is -1.71. The zero-order chi connectivity index (χ0) is 14.5. The Morgan fingerprint density at radius 3 is 2.05 bits per heavy atom. The summed E-state index contributed by atoms with van der Waals surface area (Å²) in [6.07, 6.45) is 0.864. The van der Waals surface area contributed by atoms with Crippen molar-refractivity contribution in [2.75, 3.05) is 13.1 Å². The van der Waals surface area contributed by atoms with Crippen molar-refractivity contribution in [1.29, 1.82) is 0 Å². The highest BCUT2D eigenvalue weighted by Crippen LogP contribution is 2.23. The number of piperidine rings is 1. The van der Waals surface area contributed by atoms with Crippen LogP contribution >= 0.6 is 0 Å². The van der Waals surface area contributed by atoms with Crippen molar-refractivity contribution in [2.45, 2.75) is 25.1 Å². The average Bonchev–Trinajstić information content (AvgIpc) is 2.54. The normalized spacial score (nSPS) is 19.8. The van der Waals surface area contributed by atoms with Crippen molar-refractivity contribution in [3.05, 3.63) is 71.8 Å². The Balaban J connectivity index is 1.83. The van der Waals surface area contributed by atoms with Crippen molar-refractivity contribution >= 4 is 0 Å². The van der Waals surface area contributed by atoms with Crippen molar-refractivity contribution in [3.8, 4) is 0 Å². The van der Waals surface area contributed by atoms with Crippen LogP contribution in [0.15, 0.2) is 60.7 Å². The molecule has 1 atom stereocenters. The van der Waals surface area contributed by atoms with Gasteiger partial charge in [0, 0.05) is 13.1 Å². The largest absolute Gasteiger partial charge is 0.246 e. The molecule has 21 heavy (non-hydrogen) atoms. The minimum Gasteiger partial charge on any atom is -0.246 e. The molecule has 1 N–H and O–H groups in total. The average molecular weight is 284 g/mol. The summed E-state index contributed by atoms with van der Waals surface area (Å²) < 4.78 is 13.6. The first-order chi connectivity index (χ1) is 10.3. The highest BCUT2D eigenvalue weighted by Gasteiger charge is 2.23. The summed E-state index contributed by atoms with van der Waals surface area (Å²) in [6.45, 7) is 1.37. The van der Waals surface area contributed by atoms with Crippen LogP contribution < -0.4 is 5.43 Å². The van der Waals surface area contributed by atoms with Gasteiger partial charge in [0.15, 0.2) is 0 Å². The Kier molecular flexibility index (Phi) is 4.63. The van der Waals surface area contributed by atoms with Crippen LogP contribution in [0.5, 0.6) is 0 Å². The fraction of sp³-hybridized carbons (Fsp3) is 0.333. The molecule has 1 heterocycles. The zero-order valence-corrected chi connectivity index (χ0v) is 12.1. The van der Waals surface area contributed by atoms with E-state index in [1.165, 1.54) is 11.1 Å². The third kappa shape index (κ3) is 3.69. The van der Waals surface area contributed by atoms with E-state index >= 15 is 0 Å². The number of halogens is 1. The van der Waals surface area contributed by atoms with Crippen LogP contribution in [0.3, 0.4) is 0 Å². The van der Waals surface area contributed by atoms with Crippen LogP contribution in [0, 0.1) is 0 Å². The smallest absolute Gasteiger partial charge is 0.114 e. The fourth-order valence-corrected chi connectivity index (χ4v) is 2.86. The van der Waals surface area contributed by atoms with E-state index in [2.05, 4.69) is 29.7 Å². The molecule has 0 saturated carbocycles. The third-order valence-corrected chi connectivity index (χ3v) is 3.94. The second kappa shape index (κ2) is 6.83. The van der Waals surface area contributed by atoms with Gasteiger partial charge in [-0.15, -0.1) is 0 Å². The number of nitrogens with zero attached hydrogens (tertiary/aromatic N) is 1. The van der Waals surface area contributed by atoms with Crippen LogP contribution in [-0.2, 0) is 0 Å². The number of hydrazine groups is 1. The van der Waals surface area contributed by atoms with E-state index < -0.39 is 6.17 Å². The van der Waals surface area contributed by atoms with Gasteiger partial charge < -0.3 is 0 Å². The van der Waals surface area contributed by atoms with E-state index in [-0.39, 0.29) is 6.04 Å². The second-order valence-electron chi connectivity index (χ2n) is 5.57. The lowest BCUT2D eigenvalue weighted by Gasteiger charge is -2.33. The number of alkyl halides is 1. The molecule has 110 valence electrons. The van der Waals surface area contributed by atoms with E-state index in [1.54, 1.807) is 0 Å². The van der Waals surface area contributed by atoms with Gasteiger partial charge in [0.1, 0.15) is 6.17 Å². The van der Waals surface area contributed by atoms with Gasteiger partial charge in [0.05, 0.1) is 6.04 Å². The zero-order valence-electron chi connectivity index (χ0n) is 12.1. The summed E-state index contributed by atoms with van der Waals surface area (Å²) in [5.41, 5.74) is 5.91. The first-order valence-electron chi connectivity index (χ1n) is 7.58. The first-order valence-corrected chi connectivity index (χ1v) is 7.58. The Bertz CT molecular complexity index is 504. The molecule has 3 rings (SSSR count). The summed E-state index contributed by atoms with van der Waals surface area (Å²) in [5.74, 6) is 0. The van der Waals surface area contributed by atoms with Crippen LogP contribution in [0.1, 0.15) is 30.0 Å². The van der Waals surface area contributed by atoms with Gasteiger partial charge in [-0.1, -0.05) is 60.7 Å². The molecule has 0 aromatic heterocycles. The third-order valence-electron chi connectivity index (χ3n) is 3.94. The minimum atomic E-state index is -0.724. The number of hydrogen-bond acceptors (Lipinski definition) is 2. The highest BCUT2D eigenvalue weighted by atomic mass is 19.1. The molecule has 1 saturated heterocycles. The van der Waals surface area contributed by atoms with E-state index in [0.29, 0.717) is 13.0 Å². The molecule has 3 heteroatoms. The van der Waals surface area contributed by atoms with Gasteiger partial charge in [0.2, 0.25) is 0 Å². The van der Waals surface area contributed by atoms with Crippen molar-refractivity contribution in [2.24, 2.45) is 0 Å². The maximum atomic E-state index is 13.6. The Morgan fingerprint density at radius 2 is 1.52 bits per heavy atom. The molecular weight excluding hydrogens is 263 g/mol. The van der Waals surface area contributed by atoms with Gasteiger partial charge >= 0.3 is 0 Å². The molecule has 2 aromatic carbocycles. The van der Waals surface area contributed by atoms with Crippen molar-refractivity contribution in [3.63, 3.8) is 0 Å². The number of rotatable bonds is 4. The maximum Gasteiger partial charge on any atom is 0.114 e. The molecule has 1 aliphatic heterocycles. The molecule has 1 unspecified atom stereocenters. The first kappa shape index (κ1) is 14.2. The lowest BCUT2D eigenvalue weighted by molar-refractivity contribution is 0.0813. The predicted octanol–water partition coefficient (Wildman–Crippen LogP) is 3.71. The molecule has 0 radical (unpaired) electrons. The monoisotopic (exact) mass is 284 g/mol. The maximum absolute atomic E-state index is 13.6. The lowest BCUT2D eigenvalue weighted by Crippen LogP contribution is -2.47. The van der Waals surface area contributed by atoms with Crippen molar-refractivity contribution < 1.29 is 4.39 Å². The van der Waals surface area contributed by atoms with Crippen LogP contribution in [-0.4, -0.2) is 24.3 Å². The summed E-state index contributed by atoms with van der Waals surface area (Å²) in [4.78, 5) is 0. The van der Waals surface area contributed by atoms with Gasteiger partial charge in [-0.2, -0.15) is 0 Å². The molecule has 0 bridgehead atoms. The topological polar surface area (TPSA) is 15.3 Å². The molecule has 2 nitrogen and oxygen atoms in total. The molecule has 0 spiro atoms. The van der Waals surface area contributed by atoms with Gasteiger partial charge in [0.25, 0.3) is 0 Å². The quantitative estimate of drug-likeness (QED) is 0.920. The van der Waals surface area contributed by atoms with E-state index in [9.17, 15) is 4.39 Å². The Labute approximate surface area is 125 Å². The molecule has 2 aromatic rings. The number of benzene rings is 2. The van der Waals surface area contributed by atoms with E-state index in [0.717, 1.165) is 13.0 Å². The van der Waals surface area contributed by atoms with Gasteiger partial charge in [-0.25, -0.2) is 14.8 Å². The van der Waals surface area contributed by atoms with E-state index in [1.807, 2.05) is 41.4 Å². The highest BCUT2D eigenvalue weighted by molar-refractivity contribution is 5.31. The predicted molar refractivity (Wildman–Crippen MR) is 83.6 cm³/mol. The fourth-order valence-electron chi connectivity index (χ4n) is 2.86. The molecule has 1 aliphatic rings. The summed E-state index contributed by atoms with van der Waals surface area (Å²) >= 11 is 0. The van der Waals surface area contributed by atoms with Gasteiger partial charge in [-0.05, 0) is 24.0 Å². The van der Waals surface area contributed by atoms with Crippen LogP contribution in [0.2, 0.25) is 0 Å². The molecule has 0 amide bonds.